The summed E-state index contributed by atoms with van der Waals surface area (Å²) in [5, 5.41) is 0. The maximum absolute atomic E-state index is 5.79. The molecule has 0 amide bonds. The van der Waals surface area contributed by atoms with Gasteiger partial charge in [0, 0.05) is 12.4 Å². The molecule has 2 heterocycles. The number of pyridine rings is 2. The molecule has 0 bridgehead atoms. The quantitative estimate of drug-likeness (QED) is 0.793. The lowest BCUT2D eigenvalue weighted by Gasteiger charge is -2.10. The summed E-state index contributed by atoms with van der Waals surface area (Å²) in [5.41, 5.74) is 1.39. The Labute approximate surface area is 109 Å². The highest BCUT2D eigenvalue weighted by Crippen LogP contribution is 2.27. The predicted molar refractivity (Wildman–Crippen MR) is 67.7 cm³/mol. The van der Waals surface area contributed by atoms with Crippen LogP contribution < -0.4 is 4.74 Å². The second-order valence-electron chi connectivity index (χ2n) is 3.27. The van der Waals surface area contributed by atoms with Gasteiger partial charge in [-0.15, -0.1) is 23.2 Å². The number of hydrogen-bond donors (Lipinski definition) is 0. The summed E-state index contributed by atoms with van der Waals surface area (Å²) in [4.78, 5) is 8.28. The van der Waals surface area contributed by atoms with Crippen LogP contribution in [0.15, 0.2) is 36.7 Å². The molecule has 3 nitrogen and oxygen atoms in total. The van der Waals surface area contributed by atoms with E-state index in [2.05, 4.69) is 9.97 Å². The third-order valence-electron chi connectivity index (χ3n) is 2.17. The highest BCUT2D eigenvalue weighted by Gasteiger charge is 2.08. The van der Waals surface area contributed by atoms with E-state index in [4.69, 9.17) is 27.9 Å². The van der Waals surface area contributed by atoms with E-state index >= 15 is 0 Å². The van der Waals surface area contributed by atoms with Crippen molar-refractivity contribution < 1.29 is 4.74 Å². The number of ether oxygens (including phenoxy) is 1. The van der Waals surface area contributed by atoms with Crippen LogP contribution in [0.1, 0.15) is 11.4 Å². The summed E-state index contributed by atoms with van der Waals surface area (Å²) in [6.45, 7) is 0. The van der Waals surface area contributed by atoms with Gasteiger partial charge in [0.25, 0.3) is 0 Å². The van der Waals surface area contributed by atoms with Gasteiger partial charge in [-0.25, -0.2) is 0 Å². The molecule has 2 aromatic rings. The zero-order valence-corrected chi connectivity index (χ0v) is 10.4. The fourth-order valence-electron chi connectivity index (χ4n) is 1.35. The zero-order chi connectivity index (χ0) is 12.1. The van der Waals surface area contributed by atoms with Crippen LogP contribution in [0.2, 0.25) is 0 Å². The van der Waals surface area contributed by atoms with E-state index in [1.807, 2.05) is 12.1 Å². The highest BCUT2D eigenvalue weighted by molar-refractivity contribution is 6.17. The third-order valence-corrected chi connectivity index (χ3v) is 2.68. The number of aromatic nitrogens is 2. The molecule has 0 fully saturated rings. The summed E-state index contributed by atoms with van der Waals surface area (Å²) in [6, 6.07) is 7.22. The highest BCUT2D eigenvalue weighted by atomic mass is 35.5. The van der Waals surface area contributed by atoms with Gasteiger partial charge >= 0.3 is 0 Å². The first-order valence-electron chi connectivity index (χ1n) is 5.02. The van der Waals surface area contributed by atoms with E-state index in [0.29, 0.717) is 34.6 Å². The van der Waals surface area contributed by atoms with Crippen LogP contribution in [0, 0.1) is 0 Å². The van der Waals surface area contributed by atoms with Crippen molar-refractivity contribution in [2.75, 3.05) is 0 Å². The van der Waals surface area contributed by atoms with Crippen LogP contribution in [-0.2, 0) is 11.8 Å². The van der Waals surface area contributed by atoms with Crippen molar-refractivity contribution in [2.45, 2.75) is 11.8 Å². The molecule has 2 aromatic heterocycles. The van der Waals surface area contributed by atoms with Crippen molar-refractivity contribution in [3.8, 4) is 11.5 Å². The minimum Gasteiger partial charge on any atom is -0.453 e. The van der Waals surface area contributed by atoms with E-state index in [-0.39, 0.29) is 0 Å². The van der Waals surface area contributed by atoms with E-state index < -0.39 is 0 Å². The summed E-state index contributed by atoms with van der Waals surface area (Å²) >= 11 is 11.6. The molecule has 0 saturated heterocycles. The van der Waals surface area contributed by atoms with E-state index in [0.717, 1.165) is 0 Å². The molecule has 5 heteroatoms. The van der Waals surface area contributed by atoms with Crippen LogP contribution in [0.5, 0.6) is 11.5 Å². The van der Waals surface area contributed by atoms with Crippen molar-refractivity contribution in [1.82, 2.24) is 9.97 Å². The number of halogens is 2. The fraction of sp³-hybridized carbons (Fsp3) is 0.167. The molecule has 0 N–H and O–H groups in total. The van der Waals surface area contributed by atoms with E-state index in [1.54, 1.807) is 24.5 Å². The van der Waals surface area contributed by atoms with Gasteiger partial charge in [0.2, 0.25) is 0 Å². The molecule has 17 heavy (non-hydrogen) atoms. The van der Waals surface area contributed by atoms with Gasteiger partial charge in [-0.2, -0.15) is 0 Å². The third kappa shape index (κ3) is 2.87. The molecule has 2 rings (SSSR count). The Morgan fingerprint density at radius 1 is 0.882 bits per heavy atom. The van der Waals surface area contributed by atoms with Gasteiger partial charge in [-0.05, 0) is 24.3 Å². The molecule has 0 aromatic carbocycles. The minimum absolute atomic E-state index is 0.298. The van der Waals surface area contributed by atoms with Crippen LogP contribution in [0.25, 0.3) is 0 Å². The lowest BCUT2D eigenvalue weighted by molar-refractivity contribution is 0.468. The topological polar surface area (TPSA) is 35.0 Å². The molecule has 0 unspecified atom stereocenters. The Hall–Kier alpha value is -1.32. The Balaban J connectivity index is 2.31. The summed E-state index contributed by atoms with van der Waals surface area (Å²) in [5.74, 6) is 1.85. The van der Waals surface area contributed by atoms with Gasteiger partial charge in [0.15, 0.2) is 0 Å². The summed E-state index contributed by atoms with van der Waals surface area (Å²) in [7, 11) is 0. The number of nitrogens with zero attached hydrogens (tertiary/aromatic N) is 2. The standard InChI is InChI=1S/C12H10Cl2N2O/c13-7-9-11(3-1-5-15-9)17-12-4-2-6-16-10(12)8-14/h1-6H,7-8H2. The molecular weight excluding hydrogens is 259 g/mol. The Kier molecular flexibility index (Phi) is 4.18. The molecule has 0 spiro atoms. The monoisotopic (exact) mass is 268 g/mol. The van der Waals surface area contributed by atoms with Crippen molar-refractivity contribution >= 4 is 23.2 Å². The first-order chi connectivity index (χ1) is 8.35. The molecule has 0 saturated carbocycles. The largest absolute Gasteiger partial charge is 0.453 e. The van der Waals surface area contributed by atoms with Crippen molar-refractivity contribution in [2.24, 2.45) is 0 Å². The molecule has 88 valence electrons. The molecular formula is C12H10Cl2N2O. The van der Waals surface area contributed by atoms with E-state index in [1.165, 1.54) is 0 Å². The van der Waals surface area contributed by atoms with Crippen molar-refractivity contribution in [1.29, 1.82) is 0 Å². The van der Waals surface area contributed by atoms with Crippen LogP contribution >= 0.6 is 23.2 Å². The Bertz CT molecular complexity index is 460. The molecule has 0 aliphatic heterocycles. The van der Waals surface area contributed by atoms with Gasteiger partial charge in [-0.1, -0.05) is 0 Å². The maximum Gasteiger partial charge on any atom is 0.150 e. The lowest BCUT2D eigenvalue weighted by atomic mass is 10.3. The van der Waals surface area contributed by atoms with Gasteiger partial charge < -0.3 is 4.74 Å². The normalized spacial score (nSPS) is 10.2. The number of rotatable bonds is 4. The average Bonchev–Trinajstić information content (AvgIpc) is 2.40. The Morgan fingerprint density at radius 2 is 1.35 bits per heavy atom. The summed E-state index contributed by atoms with van der Waals surface area (Å²) < 4.78 is 5.73. The maximum atomic E-state index is 5.79. The minimum atomic E-state index is 0.298. The van der Waals surface area contributed by atoms with Gasteiger partial charge in [-0.3, -0.25) is 9.97 Å². The smallest absolute Gasteiger partial charge is 0.150 e. The molecule has 0 atom stereocenters. The summed E-state index contributed by atoms with van der Waals surface area (Å²) in [6.07, 6.45) is 3.35. The number of hydrogen-bond acceptors (Lipinski definition) is 3. The molecule has 0 radical (unpaired) electrons. The first kappa shape index (κ1) is 12.1. The zero-order valence-electron chi connectivity index (χ0n) is 8.94. The van der Waals surface area contributed by atoms with Crippen molar-refractivity contribution in [3.63, 3.8) is 0 Å². The molecule has 0 aliphatic carbocycles. The second kappa shape index (κ2) is 5.84. The Morgan fingerprint density at radius 3 is 1.76 bits per heavy atom. The molecule has 0 aliphatic rings. The van der Waals surface area contributed by atoms with Crippen LogP contribution in [0.4, 0.5) is 0 Å². The van der Waals surface area contributed by atoms with Crippen molar-refractivity contribution in [3.05, 3.63) is 48.0 Å². The SMILES string of the molecule is ClCc1ncccc1Oc1cccnc1CCl. The van der Waals surface area contributed by atoms with Crippen LogP contribution in [-0.4, -0.2) is 9.97 Å². The number of alkyl halides is 2. The predicted octanol–water partition coefficient (Wildman–Crippen LogP) is 3.75. The second-order valence-corrected chi connectivity index (χ2v) is 3.80. The lowest BCUT2D eigenvalue weighted by Crippen LogP contribution is -1.96. The van der Waals surface area contributed by atoms with Gasteiger partial charge in [0.1, 0.15) is 11.5 Å². The van der Waals surface area contributed by atoms with Crippen LogP contribution in [0.3, 0.4) is 0 Å². The average molecular weight is 269 g/mol. The fourth-order valence-corrected chi connectivity index (χ4v) is 1.75. The van der Waals surface area contributed by atoms with E-state index in [9.17, 15) is 0 Å². The first-order valence-corrected chi connectivity index (χ1v) is 6.09. The van der Waals surface area contributed by atoms with Gasteiger partial charge in [0.05, 0.1) is 23.1 Å².